The van der Waals surface area contributed by atoms with Gasteiger partial charge in [0, 0.05) is 17.1 Å². The Labute approximate surface area is 108 Å². The highest BCUT2D eigenvalue weighted by molar-refractivity contribution is 7.89. The van der Waals surface area contributed by atoms with E-state index < -0.39 is 10.0 Å². The fourth-order valence-corrected chi connectivity index (χ4v) is 3.84. The van der Waals surface area contributed by atoms with Crippen LogP contribution in [0.25, 0.3) is 0 Å². The smallest absolute Gasteiger partial charge is 0.207 e. The Hall–Kier alpha value is -0.580. The second-order valence-corrected chi connectivity index (χ2v) is 6.76. The van der Waals surface area contributed by atoms with Crippen LogP contribution in [0.5, 0.6) is 0 Å². The van der Waals surface area contributed by atoms with E-state index in [4.69, 9.17) is 11.6 Å². The van der Waals surface area contributed by atoms with Crippen LogP contribution in [-0.4, -0.2) is 24.8 Å². The first kappa shape index (κ1) is 14.5. The van der Waals surface area contributed by atoms with Crippen molar-refractivity contribution in [3.05, 3.63) is 29.3 Å². The van der Waals surface area contributed by atoms with Crippen LogP contribution < -0.4 is 0 Å². The first-order valence-corrected chi connectivity index (χ1v) is 7.37. The minimum Gasteiger partial charge on any atom is -0.207 e. The standard InChI is InChI=1S/C12H18ClNO2S/c1-9(2)14(10(3)4)17(15,16)12-7-5-11(13)6-8-12/h5-10H,1-4H3. The van der Waals surface area contributed by atoms with Crippen molar-refractivity contribution >= 4 is 21.6 Å². The van der Waals surface area contributed by atoms with E-state index in [1.807, 2.05) is 27.7 Å². The predicted octanol–water partition coefficient (Wildman–Crippen LogP) is 3.15. The molecule has 1 rings (SSSR count). The zero-order valence-corrected chi connectivity index (χ0v) is 12.1. The number of benzene rings is 1. The lowest BCUT2D eigenvalue weighted by molar-refractivity contribution is 0.302. The summed E-state index contributed by atoms with van der Waals surface area (Å²) in [5, 5.41) is 0.532. The van der Waals surface area contributed by atoms with E-state index in [2.05, 4.69) is 0 Å². The second kappa shape index (κ2) is 5.38. The summed E-state index contributed by atoms with van der Waals surface area (Å²) in [6.45, 7) is 7.47. The van der Waals surface area contributed by atoms with Crippen molar-refractivity contribution in [3.63, 3.8) is 0 Å². The molecule has 0 saturated heterocycles. The molecule has 0 atom stereocenters. The second-order valence-electron chi connectivity index (χ2n) is 4.48. The van der Waals surface area contributed by atoms with Crippen molar-refractivity contribution in [2.24, 2.45) is 0 Å². The summed E-state index contributed by atoms with van der Waals surface area (Å²) in [6.07, 6.45) is 0. The van der Waals surface area contributed by atoms with Gasteiger partial charge < -0.3 is 0 Å². The molecule has 0 aliphatic rings. The summed E-state index contributed by atoms with van der Waals surface area (Å²) in [5.74, 6) is 0. The van der Waals surface area contributed by atoms with Crippen LogP contribution in [0.3, 0.4) is 0 Å². The maximum absolute atomic E-state index is 12.4. The molecule has 0 spiro atoms. The molecule has 1 aromatic carbocycles. The molecular weight excluding hydrogens is 258 g/mol. The van der Waals surface area contributed by atoms with E-state index in [-0.39, 0.29) is 17.0 Å². The zero-order chi connectivity index (χ0) is 13.2. The van der Waals surface area contributed by atoms with Gasteiger partial charge in [-0.1, -0.05) is 11.6 Å². The molecule has 0 radical (unpaired) electrons. The molecule has 0 aliphatic heterocycles. The van der Waals surface area contributed by atoms with Gasteiger partial charge in [-0.25, -0.2) is 8.42 Å². The van der Waals surface area contributed by atoms with Gasteiger partial charge in [0.2, 0.25) is 10.0 Å². The number of halogens is 1. The molecule has 0 unspecified atom stereocenters. The van der Waals surface area contributed by atoms with Gasteiger partial charge in [0.25, 0.3) is 0 Å². The highest BCUT2D eigenvalue weighted by atomic mass is 35.5. The van der Waals surface area contributed by atoms with E-state index in [0.29, 0.717) is 5.02 Å². The molecule has 0 saturated carbocycles. The Morgan fingerprint density at radius 2 is 1.41 bits per heavy atom. The summed E-state index contributed by atoms with van der Waals surface area (Å²) in [5.41, 5.74) is 0. The molecule has 1 aromatic rings. The monoisotopic (exact) mass is 275 g/mol. The molecule has 0 bridgehead atoms. The van der Waals surface area contributed by atoms with Gasteiger partial charge in [0.15, 0.2) is 0 Å². The van der Waals surface area contributed by atoms with Crippen LogP contribution in [0, 0.1) is 0 Å². The van der Waals surface area contributed by atoms with Gasteiger partial charge in [-0.2, -0.15) is 4.31 Å². The van der Waals surface area contributed by atoms with Gasteiger partial charge in [-0.3, -0.25) is 0 Å². The Balaban J connectivity index is 3.21. The molecule has 0 fully saturated rings. The van der Waals surface area contributed by atoms with Gasteiger partial charge in [-0.15, -0.1) is 0 Å². The van der Waals surface area contributed by atoms with Crippen molar-refractivity contribution in [2.45, 2.75) is 44.7 Å². The highest BCUT2D eigenvalue weighted by Gasteiger charge is 2.29. The fraction of sp³-hybridized carbons (Fsp3) is 0.500. The molecule has 5 heteroatoms. The van der Waals surface area contributed by atoms with Gasteiger partial charge in [0.05, 0.1) is 4.90 Å². The van der Waals surface area contributed by atoms with Crippen LogP contribution in [0.4, 0.5) is 0 Å². The van der Waals surface area contributed by atoms with E-state index in [1.54, 1.807) is 12.1 Å². The maximum Gasteiger partial charge on any atom is 0.243 e. The van der Waals surface area contributed by atoms with E-state index in [9.17, 15) is 8.42 Å². The SMILES string of the molecule is CC(C)N(C(C)C)S(=O)(=O)c1ccc(Cl)cc1. The molecule has 0 amide bonds. The molecule has 0 aliphatic carbocycles. The minimum atomic E-state index is -3.44. The summed E-state index contributed by atoms with van der Waals surface area (Å²) >= 11 is 5.76. The Kier molecular flexibility index (Phi) is 4.58. The predicted molar refractivity (Wildman–Crippen MR) is 70.7 cm³/mol. The topological polar surface area (TPSA) is 37.4 Å². The number of nitrogens with zero attached hydrogens (tertiary/aromatic N) is 1. The van der Waals surface area contributed by atoms with Gasteiger partial charge in [-0.05, 0) is 52.0 Å². The summed E-state index contributed by atoms with van der Waals surface area (Å²) in [6, 6.07) is 6.11. The van der Waals surface area contributed by atoms with Crippen molar-refractivity contribution in [2.75, 3.05) is 0 Å². The number of rotatable bonds is 4. The lowest BCUT2D eigenvalue weighted by atomic mass is 10.3. The quantitative estimate of drug-likeness (QED) is 0.846. The number of hydrogen-bond donors (Lipinski definition) is 0. The maximum atomic E-state index is 12.4. The third-order valence-electron chi connectivity index (χ3n) is 2.41. The molecule has 0 heterocycles. The van der Waals surface area contributed by atoms with Crippen molar-refractivity contribution in [1.82, 2.24) is 4.31 Å². The summed E-state index contributed by atoms with van der Waals surface area (Å²) in [7, 11) is -3.44. The minimum absolute atomic E-state index is 0.0734. The van der Waals surface area contributed by atoms with Crippen LogP contribution in [0.15, 0.2) is 29.2 Å². The van der Waals surface area contributed by atoms with Crippen LogP contribution in [0.1, 0.15) is 27.7 Å². The van der Waals surface area contributed by atoms with Crippen LogP contribution >= 0.6 is 11.6 Å². The third-order valence-corrected chi connectivity index (χ3v) is 4.93. The van der Waals surface area contributed by atoms with E-state index >= 15 is 0 Å². The van der Waals surface area contributed by atoms with Gasteiger partial charge >= 0.3 is 0 Å². The van der Waals surface area contributed by atoms with Crippen molar-refractivity contribution < 1.29 is 8.42 Å². The molecular formula is C12H18ClNO2S. The Bertz CT molecular complexity index is 458. The molecule has 96 valence electrons. The molecule has 0 aromatic heterocycles. The fourth-order valence-electron chi connectivity index (χ4n) is 1.88. The van der Waals surface area contributed by atoms with E-state index in [0.717, 1.165) is 0 Å². The lowest BCUT2D eigenvalue weighted by Gasteiger charge is -2.29. The summed E-state index contributed by atoms with van der Waals surface area (Å²) in [4.78, 5) is 0.282. The van der Waals surface area contributed by atoms with Crippen LogP contribution in [0.2, 0.25) is 5.02 Å². The molecule has 0 N–H and O–H groups in total. The lowest BCUT2D eigenvalue weighted by Crippen LogP contribution is -2.41. The number of sulfonamides is 1. The zero-order valence-electron chi connectivity index (χ0n) is 10.5. The van der Waals surface area contributed by atoms with Crippen LogP contribution in [-0.2, 0) is 10.0 Å². The summed E-state index contributed by atoms with van der Waals surface area (Å²) < 4.78 is 26.3. The highest BCUT2D eigenvalue weighted by Crippen LogP contribution is 2.22. The van der Waals surface area contributed by atoms with Gasteiger partial charge in [0.1, 0.15) is 0 Å². The third kappa shape index (κ3) is 3.21. The Morgan fingerprint density at radius 3 is 1.76 bits per heavy atom. The average molecular weight is 276 g/mol. The van der Waals surface area contributed by atoms with Crippen molar-refractivity contribution in [3.8, 4) is 0 Å². The molecule has 17 heavy (non-hydrogen) atoms. The van der Waals surface area contributed by atoms with E-state index in [1.165, 1.54) is 16.4 Å². The first-order valence-electron chi connectivity index (χ1n) is 5.56. The molecule has 3 nitrogen and oxygen atoms in total. The normalized spacial score (nSPS) is 12.7. The Morgan fingerprint density at radius 1 is 1.00 bits per heavy atom. The first-order chi connectivity index (χ1) is 7.76. The van der Waals surface area contributed by atoms with Crippen molar-refractivity contribution in [1.29, 1.82) is 0 Å². The largest absolute Gasteiger partial charge is 0.243 e. The number of hydrogen-bond acceptors (Lipinski definition) is 2. The average Bonchev–Trinajstić information content (AvgIpc) is 2.16.